The Morgan fingerprint density at radius 3 is 2.50 bits per heavy atom. The molecule has 22 heavy (non-hydrogen) atoms. The van der Waals surface area contributed by atoms with Gasteiger partial charge in [-0.2, -0.15) is 0 Å². The van der Waals surface area contributed by atoms with Gasteiger partial charge >= 0.3 is 6.09 Å². The zero-order chi connectivity index (χ0) is 15.4. The van der Waals surface area contributed by atoms with Crippen LogP contribution in [0, 0.1) is 0 Å². The number of carbonyl (C=O) groups is 1. The Bertz CT molecular complexity index is 486. The number of anilines is 1. The molecule has 1 amide bonds. The molecule has 1 aromatic carbocycles. The standard InChI is InChI=1S/C17H25N3O2/c21-17(22)19-11-8-16(9-12-19)20-10-4-7-15(13-20)18-14-5-2-1-3-6-14/h1-3,5-6,15-16,18H,4,7-13H2,(H,21,22). The molecule has 2 saturated heterocycles. The molecule has 2 fully saturated rings. The Kier molecular flexibility index (Phi) is 4.83. The lowest BCUT2D eigenvalue weighted by atomic mass is 9.98. The Hall–Kier alpha value is -1.75. The number of amides is 1. The fourth-order valence-electron chi connectivity index (χ4n) is 3.65. The molecule has 5 heteroatoms. The highest BCUT2D eigenvalue weighted by Crippen LogP contribution is 2.22. The number of rotatable bonds is 3. The highest BCUT2D eigenvalue weighted by atomic mass is 16.4. The first-order valence-electron chi connectivity index (χ1n) is 8.26. The molecule has 120 valence electrons. The van der Waals surface area contributed by atoms with Crippen molar-refractivity contribution in [3.63, 3.8) is 0 Å². The minimum absolute atomic E-state index is 0.494. The van der Waals surface area contributed by atoms with E-state index in [1.54, 1.807) is 4.90 Å². The van der Waals surface area contributed by atoms with Crippen LogP contribution in [0.2, 0.25) is 0 Å². The molecule has 1 aromatic rings. The van der Waals surface area contributed by atoms with Crippen LogP contribution >= 0.6 is 0 Å². The topological polar surface area (TPSA) is 55.8 Å². The SMILES string of the molecule is O=C(O)N1CCC(N2CCCC(Nc3ccccc3)C2)CC1. The molecule has 2 aliphatic rings. The highest BCUT2D eigenvalue weighted by molar-refractivity contribution is 5.65. The molecule has 0 spiro atoms. The van der Waals surface area contributed by atoms with Crippen LogP contribution in [-0.2, 0) is 0 Å². The van der Waals surface area contributed by atoms with Crippen LogP contribution in [0.4, 0.5) is 10.5 Å². The maximum atomic E-state index is 11.0. The Balaban J connectivity index is 1.52. The molecule has 0 saturated carbocycles. The summed E-state index contributed by atoms with van der Waals surface area (Å²) in [7, 11) is 0. The molecule has 0 bridgehead atoms. The summed E-state index contributed by atoms with van der Waals surface area (Å²) in [4.78, 5) is 15.1. The predicted molar refractivity (Wildman–Crippen MR) is 87.3 cm³/mol. The minimum Gasteiger partial charge on any atom is -0.465 e. The molecular weight excluding hydrogens is 278 g/mol. The zero-order valence-electron chi connectivity index (χ0n) is 12.9. The number of nitrogens with zero attached hydrogens (tertiary/aromatic N) is 2. The lowest BCUT2D eigenvalue weighted by molar-refractivity contribution is 0.0819. The predicted octanol–water partition coefficient (Wildman–Crippen LogP) is 2.71. The van der Waals surface area contributed by atoms with Crippen molar-refractivity contribution in [1.82, 2.24) is 9.80 Å². The number of hydrogen-bond donors (Lipinski definition) is 2. The van der Waals surface area contributed by atoms with Gasteiger partial charge in [0, 0.05) is 37.4 Å². The van der Waals surface area contributed by atoms with Crippen LogP contribution in [0.1, 0.15) is 25.7 Å². The molecule has 2 N–H and O–H groups in total. The summed E-state index contributed by atoms with van der Waals surface area (Å²) in [6, 6.07) is 11.4. The lowest BCUT2D eigenvalue weighted by Crippen LogP contribution is -2.51. The second-order valence-corrected chi connectivity index (χ2v) is 6.35. The monoisotopic (exact) mass is 303 g/mol. The normalized spacial score (nSPS) is 24.2. The molecule has 2 aliphatic heterocycles. The second-order valence-electron chi connectivity index (χ2n) is 6.35. The molecule has 1 unspecified atom stereocenters. The maximum Gasteiger partial charge on any atom is 0.407 e. The van der Waals surface area contributed by atoms with Gasteiger partial charge in [-0.05, 0) is 44.4 Å². The number of piperidine rings is 2. The summed E-state index contributed by atoms with van der Waals surface area (Å²) >= 11 is 0. The minimum atomic E-state index is -0.777. The first kappa shape index (κ1) is 15.2. The van der Waals surface area contributed by atoms with E-state index in [9.17, 15) is 4.79 Å². The first-order valence-corrected chi connectivity index (χ1v) is 8.26. The van der Waals surface area contributed by atoms with Gasteiger partial charge < -0.3 is 15.3 Å². The summed E-state index contributed by atoms with van der Waals surface area (Å²) in [5, 5.41) is 12.7. The van der Waals surface area contributed by atoms with Crippen molar-refractivity contribution >= 4 is 11.8 Å². The Labute approximate surface area is 131 Å². The Morgan fingerprint density at radius 1 is 1.09 bits per heavy atom. The fourth-order valence-corrected chi connectivity index (χ4v) is 3.65. The van der Waals surface area contributed by atoms with Crippen LogP contribution < -0.4 is 5.32 Å². The van der Waals surface area contributed by atoms with E-state index in [4.69, 9.17) is 5.11 Å². The third kappa shape index (κ3) is 3.71. The molecule has 0 aromatic heterocycles. The van der Waals surface area contributed by atoms with Crippen molar-refractivity contribution < 1.29 is 9.90 Å². The Morgan fingerprint density at radius 2 is 1.82 bits per heavy atom. The molecule has 3 rings (SSSR count). The summed E-state index contributed by atoms with van der Waals surface area (Å²) in [6.07, 6.45) is 3.57. The van der Waals surface area contributed by atoms with Gasteiger partial charge in [0.25, 0.3) is 0 Å². The van der Waals surface area contributed by atoms with Crippen molar-refractivity contribution in [3.05, 3.63) is 30.3 Å². The van der Waals surface area contributed by atoms with Gasteiger partial charge in [-0.25, -0.2) is 4.79 Å². The zero-order valence-corrected chi connectivity index (χ0v) is 12.9. The average molecular weight is 303 g/mol. The first-order chi connectivity index (χ1) is 10.7. The fraction of sp³-hybridized carbons (Fsp3) is 0.588. The van der Waals surface area contributed by atoms with Crippen LogP contribution in [0.5, 0.6) is 0 Å². The van der Waals surface area contributed by atoms with Crippen molar-refractivity contribution in [3.8, 4) is 0 Å². The van der Waals surface area contributed by atoms with Crippen molar-refractivity contribution in [1.29, 1.82) is 0 Å². The van der Waals surface area contributed by atoms with E-state index >= 15 is 0 Å². The third-order valence-corrected chi connectivity index (χ3v) is 4.85. The van der Waals surface area contributed by atoms with E-state index in [0.717, 1.165) is 25.9 Å². The summed E-state index contributed by atoms with van der Waals surface area (Å²) in [5.41, 5.74) is 1.19. The van der Waals surface area contributed by atoms with Gasteiger partial charge in [0.15, 0.2) is 0 Å². The van der Waals surface area contributed by atoms with Gasteiger partial charge in [0.1, 0.15) is 0 Å². The van der Waals surface area contributed by atoms with E-state index in [1.807, 2.05) is 6.07 Å². The van der Waals surface area contributed by atoms with Crippen molar-refractivity contribution in [2.24, 2.45) is 0 Å². The van der Waals surface area contributed by atoms with Crippen LogP contribution in [-0.4, -0.2) is 59.3 Å². The highest BCUT2D eigenvalue weighted by Gasteiger charge is 2.29. The number of para-hydroxylation sites is 1. The average Bonchev–Trinajstić information content (AvgIpc) is 2.56. The van der Waals surface area contributed by atoms with Crippen LogP contribution in [0.25, 0.3) is 0 Å². The molecular formula is C17H25N3O2. The van der Waals surface area contributed by atoms with Crippen LogP contribution in [0.15, 0.2) is 30.3 Å². The van der Waals surface area contributed by atoms with Gasteiger partial charge in [-0.3, -0.25) is 4.90 Å². The molecule has 2 heterocycles. The van der Waals surface area contributed by atoms with E-state index in [-0.39, 0.29) is 0 Å². The number of hydrogen-bond acceptors (Lipinski definition) is 3. The number of likely N-dealkylation sites (tertiary alicyclic amines) is 2. The molecule has 0 radical (unpaired) electrons. The van der Waals surface area contributed by atoms with Crippen molar-refractivity contribution in [2.75, 3.05) is 31.5 Å². The molecule has 1 atom stereocenters. The van der Waals surface area contributed by atoms with Gasteiger partial charge in [0.05, 0.1) is 0 Å². The van der Waals surface area contributed by atoms with Gasteiger partial charge in [-0.1, -0.05) is 18.2 Å². The lowest BCUT2D eigenvalue weighted by Gasteiger charge is -2.42. The third-order valence-electron chi connectivity index (χ3n) is 4.85. The second kappa shape index (κ2) is 7.01. The largest absolute Gasteiger partial charge is 0.465 e. The quantitative estimate of drug-likeness (QED) is 0.901. The smallest absolute Gasteiger partial charge is 0.407 e. The number of carboxylic acid groups (broad SMARTS) is 1. The maximum absolute atomic E-state index is 11.0. The number of nitrogens with one attached hydrogen (secondary N) is 1. The molecule has 5 nitrogen and oxygen atoms in total. The van der Waals surface area contributed by atoms with Gasteiger partial charge in [-0.15, -0.1) is 0 Å². The van der Waals surface area contributed by atoms with Crippen molar-refractivity contribution in [2.45, 2.75) is 37.8 Å². The summed E-state index contributed by atoms with van der Waals surface area (Å²) in [6.45, 7) is 3.55. The summed E-state index contributed by atoms with van der Waals surface area (Å²) < 4.78 is 0. The van der Waals surface area contributed by atoms with E-state index in [0.29, 0.717) is 25.2 Å². The number of benzene rings is 1. The molecule has 0 aliphatic carbocycles. The van der Waals surface area contributed by atoms with E-state index < -0.39 is 6.09 Å². The summed E-state index contributed by atoms with van der Waals surface area (Å²) in [5.74, 6) is 0. The van der Waals surface area contributed by atoms with E-state index in [2.05, 4.69) is 34.5 Å². The van der Waals surface area contributed by atoms with E-state index in [1.165, 1.54) is 18.5 Å². The van der Waals surface area contributed by atoms with Crippen LogP contribution in [0.3, 0.4) is 0 Å². The van der Waals surface area contributed by atoms with Gasteiger partial charge in [0.2, 0.25) is 0 Å².